The molecule has 0 radical (unpaired) electrons. The van der Waals surface area contributed by atoms with Crippen LogP contribution in [0.3, 0.4) is 0 Å². The Labute approximate surface area is 115 Å². The average Bonchev–Trinajstić information content (AvgIpc) is 2.22. The summed E-state index contributed by atoms with van der Waals surface area (Å²) in [5, 5.41) is 9.15. The summed E-state index contributed by atoms with van der Waals surface area (Å²) < 4.78 is 32.7. The van der Waals surface area contributed by atoms with Crippen LogP contribution >= 0.6 is 0 Å². The van der Waals surface area contributed by atoms with Crippen LogP contribution < -0.4 is 4.18 Å². The number of nitriles is 1. The maximum Gasteiger partial charge on any atom is 0.306 e. The van der Waals surface area contributed by atoms with Gasteiger partial charge in [-0.15, -0.1) is 0 Å². The third-order valence-electron chi connectivity index (χ3n) is 2.00. The number of benzene rings is 1. The first-order valence-electron chi connectivity index (χ1n) is 5.67. The van der Waals surface area contributed by atoms with Gasteiger partial charge in [0.05, 0.1) is 12.3 Å². The highest BCUT2D eigenvalue weighted by atomic mass is 32.2. The van der Waals surface area contributed by atoms with Crippen LogP contribution in [0, 0.1) is 11.3 Å². The van der Waals surface area contributed by atoms with Gasteiger partial charge in [-0.2, -0.15) is 13.7 Å². The van der Waals surface area contributed by atoms with Gasteiger partial charge in [-0.25, -0.2) is 0 Å². The van der Waals surface area contributed by atoms with E-state index in [1.54, 1.807) is 12.1 Å². The second kappa shape index (κ2) is 5.73. The molecule has 0 aliphatic carbocycles. The van der Waals surface area contributed by atoms with Crippen LogP contribution in [0.2, 0.25) is 19.6 Å². The van der Waals surface area contributed by atoms with Crippen LogP contribution in [0.15, 0.2) is 24.3 Å². The van der Waals surface area contributed by atoms with Crippen LogP contribution in [0.4, 0.5) is 0 Å². The summed E-state index contributed by atoms with van der Waals surface area (Å²) in [4.78, 5) is 0. The summed E-state index contributed by atoms with van der Waals surface area (Å²) in [6.07, 6.45) is 0.259. The van der Waals surface area contributed by atoms with E-state index in [1.165, 1.54) is 12.1 Å². The molecule has 5 nitrogen and oxygen atoms in total. The molecular formula is C12H17NO4SSi. The molecule has 0 aromatic heterocycles. The van der Waals surface area contributed by atoms with Crippen LogP contribution in [0.5, 0.6) is 5.75 Å². The Morgan fingerprint density at radius 3 is 2.42 bits per heavy atom. The van der Waals surface area contributed by atoms with Crippen molar-refractivity contribution in [3.63, 3.8) is 0 Å². The van der Waals surface area contributed by atoms with Crippen molar-refractivity contribution in [1.29, 1.82) is 5.26 Å². The van der Waals surface area contributed by atoms with E-state index in [-0.39, 0.29) is 5.75 Å². The fraction of sp³-hybridized carbons (Fsp3) is 0.417. The van der Waals surface area contributed by atoms with Gasteiger partial charge < -0.3 is 8.61 Å². The Balaban J connectivity index is 3.01. The predicted molar refractivity (Wildman–Crippen MR) is 74.7 cm³/mol. The molecule has 1 aromatic carbocycles. The van der Waals surface area contributed by atoms with Crippen molar-refractivity contribution in [2.75, 3.05) is 6.26 Å². The zero-order valence-corrected chi connectivity index (χ0v) is 13.2. The van der Waals surface area contributed by atoms with Gasteiger partial charge in [-0.3, -0.25) is 0 Å². The second-order valence-electron chi connectivity index (χ2n) is 5.10. The van der Waals surface area contributed by atoms with E-state index in [2.05, 4.69) is 6.07 Å². The summed E-state index contributed by atoms with van der Waals surface area (Å²) in [5.74, 6) is 0.180. The fourth-order valence-electron chi connectivity index (χ4n) is 1.43. The SMILES string of the molecule is C[Si](C)(C)OC(C#N)c1cccc(OS(C)(=O)=O)c1. The molecule has 0 aliphatic rings. The molecule has 0 heterocycles. The molecule has 7 heteroatoms. The largest absolute Gasteiger partial charge is 0.399 e. The van der Waals surface area contributed by atoms with Crippen molar-refractivity contribution in [3.8, 4) is 11.8 Å². The van der Waals surface area contributed by atoms with Crippen LogP contribution in [0.25, 0.3) is 0 Å². The lowest BCUT2D eigenvalue weighted by atomic mass is 10.1. The highest BCUT2D eigenvalue weighted by Gasteiger charge is 2.22. The molecule has 0 saturated heterocycles. The Hall–Kier alpha value is -1.36. The molecule has 1 unspecified atom stereocenters. The van der Waals surface area contributed by atoms with E-state index in [9.17, 15) is 8.42 Å². The standard InChI is InChI=1S/C12H17NO4SSi/c1-18(14,15)16-11-7-5-6-10(8-11)12(9-13)17-19(2,3)4/h5-8,12H,1-4H3. The van der Waals surface area contributed by atoms with E-state index in [0.29, 0.717) is 5.56 Å². The smallest absolute Gasteiger partial charge is 0.306 e. The lowest BCUT2D eigenvalue weighted by Gasteiger charge is -2.22. The minimum absolute atomic E-state index is 0.180. The molecule has 0 saturated carbocycles. The van der Waals surface area contributed by atoms with Gasteiger partial charge in [0.1, 0.15) is 5.75 Å². The maximum absolute atomic E-state index is 11.1. The summed E-state index contributed by atoms with van der Waals surface area (Å²) in [6, 6.07) is 8.45. The number of hydrogen-bond acceptors (Lipinski definition) is 5. The molecular weight excluding hydrogens is 282 g/mol. The molecule has 0 fully saturated rings. The van der Waals surface area contributed by atoms with E-state index in [0.717, 1.165) is 6.26 Å². The van der Waals surface area contributed by atoms with Gasteiger partial charge in [0.2, 0.25) is 0 Å². The van der Waals surface area contributed by atoms with Crippen molar-refractivity contribution in [1.82, 2.24) is 0 Å². The molecule has 1 rings (SSSR count). The minimum atomic E-state index is -3.58. The lowest BCUT2D eigenvalue weighted by Crippen LogP contribution is -2.27. The molecule has 1 aromatic rings. The van der Waals surface area contributed by atoms with Gasteiger partial charge >= 0.3 is 10.1 Å². The van der Waals surface area contributed by atoms with Crippen molar-refractivity contribution in [2.45, 2.75) is 25.7 Å². The molecule has 1 atom stereocenters. The Morgan fingerprint density at radius 2 is 1.95 bits per heavy atom. The van der Waals surface area contributed by atoms with Crippen LogP contribution in [-0.4, -0.2) is 23.0 Å². The van der Waals surface area contributed by atoms with Gasteiger partial charge in [-0.05, 0) is 37.3 Å². The molecule has 0 bridgehead atoms. The average molecular weight is 299 g/mol. The zero-order chi connectivity index (χ0) is 14.7. The molecule has 19 heavy (non-hydrogen) atoms. The van der Waals surface area contributed by atoms with Crippen molar-refractivity contribution < 1.29 is 17.0 Å². The van der Waals surface area contributed by atoms with E-state index in [4.69, 9.17) is 13.9 Å². The third-order valence-corrected chi connectivity index (χ3v) is 3.44. The Kier molecular flexibility index (Phi) is 4.74. The van der Waals surface area contributed by atoms with Crippen molar-refractivity contribution >= 4 is 18.4 Å². The second-order valence-corrected chi connectivity index (χ2v) is 11.1. The first kappa shape index (κ1) is 15.7. The van der Waals surface area contributed by atoms with Gasteiger partial charge in [0.25, 0.3) is 0 Å². The molecule has 104 valence electrons. The predicted octanol–water partition coefficient (Wildman–Crippen LogP) is 2.44. The normalized spacial score (nSPS) is 13.6. The maximum atomic E-state index is 11.1. The fourth-order valence-corrected chi connectivity index (χ4v) is 2.78. The van der Waals surface area contributed by atoms with Crippen LogP contribution in [-0.2, 0) is 14.5 Å². The Bertz CT molecular complexity index is 586. The molecule has 0 N–H and O–H groups in total. The first-order valence-corrected chi connectivity index (χ1v) is 10.9. The summed E-state index contributed by atoms with van der Waals surface area (Å²) in [7, 11) is -5.45. The number of nitrogens with zero attached hydrogens (tertiary/aromatic N) is 1. The van der Waals surface area contributed by atoms with Gasteiger partial charge in [-0.1, -0.05) is 12.1 Å². The highest BCUT2D eigenvalue weighted by molar-refractivity contribution is 7.86. The quantitative estimate of drug-likeness (QED) is 0.616. The zero-order valence-electron chi connectivity index (χ0n) is 11.4. The topological polar surface area (TPSA) is 76.4 Å². The summed E-state index contributed by atoms with van der Waals surface area (Å²) in [6.45, 7) is 5.94. The Morgan fingerprint density at radius 1 is 1.32 bits per heavy atom. The lowest BCUT2D eigenvalue weighted by molar-refractivity contribution is 0.254. The van der Waals surface area contributed by atoms with E-state index >= 15 is 0 Å². The minimum Gasteiger partial charge on any atom is -0.399 e. The van der Waals surface area contributed by atoms with Gasteiger partial charge in [0, 0.05) is 0 Å². The van der Waals surface area contributed by atoms with Gasteiger partial charge in [0.15, 0.2) is 14.4 Å². The summed E-state index contributed by atoms with van der Waals surface area (Å²) >= 11 is 0. The van der Waals surface area contributed by atoms with Crippen molar-refractivity contribution in [3.05, 3.63) is 29.8 Å². The van der Waals surface area contributed by atoms with E-state index < -0.39 is 24.5 Å². The number of rotatable bonds is 5. The van der Waals surface area contributed by atoms with E-state index in [1.807, 2.05) is 19.6 Å². The monoisotopic (exact) mass is 299 g/mol. The number of hydrogen-bond donors (Lipinski definition) is 0. The molecule has 0 aliphatic heterocycles. The molecule has 0 amide bonds. The molecule has 0 spiro atoms. The van der Waals surface area contributed by atoms with Crippen LogP contribution in [0.1, 0.15) is 11.7 Å². The highest BCUT2D eigenvalue weighted by Crippen LogP contribution is 2.25. The first-order chi connectivity index (χ1) is 8.61. The third kappa shape index (κ3) is 5.87. The summed E-state index contributed by atoms with van der Waals surface area (Å²) in [5.41, 5.74) is 0.589. The van der Waals surface area contributed by atoms with Crippen molar-refractivity contribution in [2.24, 2.45) is 0 Å².